The number of nitrogens with one attached hydrogen (secondary N) is 1. The van der Waals surface area contributed by atoms with Crippen molar-refractivity contribution in [1.29, 1.82) is 0 Å². The minimum Gasteiger partial charge on any atom is -0.496 e. The predicted molar refractivity (Wildman–Crippen MR) is 58.2 cm³/mol. The van der Waals surface area contributed by atoms with E-state index in [1.807, 2.05) is 26.1 Å². The molecular formula is C10H14BrNO. The van der Waals surface area contributed by atoms with Crippen molar-refractivity contribution in [2.45, 2.75) is 13.5 Å². The highest BCUT2D eigenvalue weighted by Crippen LogP contribution is 2.29. The Bertz CT molecular complexity index is 299. The Morgan fingerprint density at radius 3 is 2.69 bits per heavy atom. The van der Waals surface area contributed by atoms with Gasteiger partial charge in [-0.05, 0) is 25.6 Å². The fraction of sp³-hybridized carbons (Fsp3) is 0.400. The van der Waals surface area contributed by atoms with Crippen molar-refractivity contribution in [1.82, 2.24) is 5.32 Å². The Kier molecular flexibility index (Phi) is 3.75. The molecule has 0 atom stereocenters. The van der Waals surface area contributed by atoms with Crippen molar-refractivity contribution in [2.75, 3.05) is 14.2 Å². The SMILES string of the molecule is CNCc1c(Br)ccc(C)c1OC. The first-order valence-electron chi connectivity index (χ1n) is 4.17. The van der Waals surface area contributed by atoms with Gasteiger partial charge in [-0.15, -0.1) is 0 Å². The summed E-state index contributed by atoms with van der Waals surface area (Å²) in [6.07, 6.45) is 0. The molecule has 0 radical (unpaired) electrons. The van der Waals surface area contributed by atoms with E-state index in [0.29, 0.717) is 0 Å². The minimum absolute atomic E-state index is 0.811. The van der Waals surface area contributed by atoms with E-state index in [0.717, 1.165) is 22.3 Å². The molecule has 0 unspecified atom stereocenters. The maximum atomic E-state index is 5.34. The first kappa shape index (κ1) is 10.5. The molecule has 1 aromatic rings. The van der Waals surface area contributed by atoms with Gasteiger partial charge in [-0.2, -0.15) is 0 Å². The van der Waals surface area contributed by atoms with Crippen LogP contribution in [0, 0.1) is 6.92 Å². The van der Waals surface area contributed by atoms with Crippen LogP contribution in [0.5, 0.6) is 5.75 Å². The van der Waals surface area contributed by atoms with Crippen molar-refractivity contribution >= 4 is 15.9 Å². The molecule has 0 aliphatic rings. The van der Waals surface area contributed by atoms with Crippen LogP contribution >= 0.6 is 15.9 Å². The Morgan fingerprint density at radius 2 is 2.15 bits per heavy atom. The number of methoxy groups -OCH3 is 1. The molecule has 0 saturated carbocycles. The molecule has 1 rings (SSSR count). The number of aryl methyl sites for hydroxylation is 1. The number of benzene rings is 1. The van der Waals surface area contributed by atoms with Crippen LogP contribution < -0.4 is 10.1 Å². The molecule has 0 bridgehead atoms. The molecule has 1 N–H and O–H groups in total. The van der Waals surface area contributed by atoms with Crippen LogP contribution in [0.1, 0.15) is 11.1 Å². The zero-order chi connectivity index (χ0) is 9.84. The number of hydrogen-bond donors (Lipinski definition) is 1. The van der Waals surface area contributed by atoms with E-state index >= 15 is 0 Å². The van der Waals surface area contributed by atoms with E-state index < -0.39 is 0 Å². The average Bonchev–Trinajstić information content (AvgIpc) is 2.12. The summed E-state index contributed by atoms with van der Waals surface area (Å²) < 4.78 is 6.43. The molecule has 13 heavy (non-hydrogen) atoms. The summed E-state index contributed by atoms with van der Waals surface area (Å²) in [4.78, 5) is 0. The maximum Gasteiger partial charge on any atom is 0.127 e. The van der Waals surface area contributed by atoms with Crippen LogP contribution in [-0.4, -0.2) is 14.2 Å². The van der Waals surface area contributed by atoms with Gasteiger partial charge >= 0.3 is 0 Å². The second-order valence-electron chi connectivity index (χ2n) is 2.91. The third-order valence-electron chi connectivity index (χ3n) is 1.96. The fourth-order valence-corrected chi connectivity index (χ4v) is 1.80. The second kappa shape index (κ2) is 4.63. The number of ether oxygens (including phenoxy) is 1. The normalized spacial score (nSPS) is 10.2. The van der Waals surface area contributed by atoms with Gasteiger partial charge in [0.05, 0.1) is 7.11 Å². The van der Waals surface area contributed by atoms with E-state index in [1.54, 1.807) is 7.11 Å². The van der Waals surface area contributed by atoms with Gasteiger partial charge in [0, 0.05) is 16.6 Å². The summed E-state index contributed by atoms with van der Waals surface area (Å²) in [6.45, 7) is 2.86. The van der Waals surface area contributed by atoms with Crippen molar-refractivity contribution < 1.29 is 4.74 Å². The lowest BCUT2D eigenvalue weighted by Crippen LogP contribution is -2.08. The molecular weight excluding hydrogens is 230 g/mol. The van der Waals surface area contributed by atoms with E-state index in [9.17, 15) is 0 Å². The zero-order valence-corrected chi connectivity index (χ0v) is 9.73. The van der Waals surface area contributed by atoms with Gasteiger partial charge in [-0.25, -0.2) is 0 Å². The zero-order valence-electron chi connectivity index (χ0n) is 8.15. The Labute approximate surface area is 87.4 Å². The van der Waals surface area contributed by atoms with E-state index in [2.05, 4.69) is 21.2 Å². The van der Waals surface area contributed by atoms with Crippen molar-refractivity contribution in [3.05, 3.63) is 27.7 Å². The lowest BCUT2D eigenvalue weighted by Gasteiger charge is -2.12. The van der Waals surface area contributed by atoms with Crippen LogP contribution in [-0.2, 0) is 6.54 Å². The lowest BCUT2D eigenvalue weighted by atomic mass is 10.1. The van der Waals surface area contributed by atoms with Crippen LogP contribution in [0.3, 0.4) is 0 Å². The third-order valence-corrected chi connectivity index (χ3v) is 2.70. The summed E-state index contributed by atoms with van der Waals surface area (Å²) in [5, 5.41) is 3.12. The van der Waals surface area contributed by atoms with Gasteiger partial charge in [0.2, 0.25) is 0 Å². The first-order chi connectivity index (χ1) is 6.20. The predicted octanol–water partition coefficient (Wildman–Crippen LogP) is 2.49. The summed E-state index contributed by atoms with van der Waals surface area (Å²) >= 11 is 3.50. The first-order valence-corrected chi connectivity index (χ1v) is 4.96. The summed E-state index contributed by atoms with van der Waals surface area (Å²) in [7, 11) is 3.63. The quantitative estimate of drug-likeness (QED) is 0.881. The van der Waals surface area contributed by atoms with Gasteiger partial charge in [-0.3, -0.25) is 0 Å². The largest absolute Gasteiger partial charge is 0.496 e. The number of hydrogen-bond acceptors (Lipinski definition) is 2. The van der Waals surface area contributed by atoms with Crippen LogP contribution in [0.15, 0.2) is 16.6 Å². The smallest absolute Gasteiger partial charge is 0.127 e. The molecule has 0 heterocycles. The molecule has 72 valence electrons. The molecule has 0 spiro atoms. The minimum atomic E-state index is 0.811. The Hall–Kier alpha value is -0.540. The lowest BCUT2D eigenvalue weighted by molar-refractivity contribution is 0.405. The van der Waals surface area contributed by atoms with Crippen molar-refractivity contribution in [3.63, 3.8) is 0 Å². The standard InChI is InChI=1S/C10H14BrNO/c1-7-4-5-9(11)8(6-12-2)10(7)13-3/h4-5,12H,6H2,1-3H3. The van der Waals surface area contributed by atoms with Gasteiger partial charge in [0.1, 0.15) is 5.75 Å². The van der Waals surface area contributed by atoms with Crippen molar-refractivity contribution in [2.24, 2.45) is 0 Å². The molecule has 1 aromatic carbocycles. The van der Waals surface area contributed by atoms with Crippen LogP contribution in [0.4, 0.5) is 0 Å². The molecule has 2 nitrogen and oxygen atoms in total. The van der Waals surface area contributed by atoms with E-state index in [4.69, 9.17) is 4.74 Å². The van der Waals surface area contributed by atoms with Crippen LogP contribution in [0.2, 0.25) is 0 Å². The summed E-state index contributed by atoms with van der Waals surface area (Å²) in [5.74, 6) is 0.962. The Morgan fingerprint density at radius 1 is 1.46 bits per heavy atom. The number of halogens is 1. The molecule has 0 aliphatic carbocycles. The monoisotopic (exact) mass is 243 g/mol. The fourth-order valence-electron chi connectivity index (χ4n) is 1.35. The molecule has 0 saturated heterocycles. The average molecular weight is 244 g/mol. The van der Waals surface area contributed by atoms with Gasteiger partial charge in [0.15, 0.2) is 0 Å². The summed E-state index contributed by atoms with van der Waals surface area (Å²) in [6, 6.07) is 4.09. The van der Waals surface area contributed by atoms with Gasteiger partial charge in [0.25, 0.3) is 0 Å². The topological polar surface area (TPSA) is 21.3 Å². The van der Waals surface area contributed by atoms with Crippen molar-refractivity contribution in [3.8, 4) is 5.75 Å². The molecule has 3 heteroatoms. The summed E-state index contributed by atoms with van der Waals surface area (Å²) in [5.41, 5.74) is 2.33. The second-order valence-corrected chi connectivity index (χ2v) is 3.76. The van der Waals surface area contributed by atoms with E-state index in [-0.39, 0.29) is 0 Å². The van der Waals surface area contributed by atoms with Gasteiger partial charge in [-0.1, -0.05) is 22.0 Å². The number of rotatable bonds is 3. The van der Waals surface area contributed by atoms with Crippen LogP contribution in [0.25, 0.3) is 0 Å². The molecule has 0 fully saturated rings. The third kappa shape index (κ3) is 2.23. The highest BCUT2D eigenvalue weighted by Gasteiger charge is 2.08. The highest BCUT2D eigenvalue weighted by atomic mass is 79.9. The molecule has 0 aromatic heterocycles. The molecule has 0 aliphatic heterocycles. The van der Waals surface area contributed by atoms with Gasteiger partial charge < -0.3 is 10.1 Å². The highest BCUT2D eigenvalue weighted by molar-refractivity contribution is 9.10. The maximum absolute atomic E-state index is 5.34. The molecule has 0 amide bonds. The Balaban J connectivity index is 3.18. The van der Waals surface area contributed by atoms with E-state index in [1.165, 1.54) is 5.56 Å².